The molecule has 0 fully saturated rings. The van der Waals surface area contributed by atoms with Crippen LogP contribution in [0.2, 0.25) is 0 Å². The minimum atomic E-state index is 0.159. The molecule has 0 unspecified atom stereocenters. The van der Waals surface area contributed by atoms with E-state index in [1.807, 2.05) is 25.1 Å². The molecule has 14 heavy (non-hydrogen) atoms. The van der Waals surface area contributed by atoms with E-state index in [4.69, 9.17) is 10.5 Å². The summed E-state index contributed by atoms with van der Waals surface area (Å²) in [5, 5.41) is 10.8. The second kappa shape index (κ2) is 3.38. The van der Waals surface area contributed by atoms with Crippen LogP contribution in [-0.4, -0.2) is 11.7 Å². The van der Waals surface area contributed by atoms with Crippen LogP contribution in [0.4, 0.5) is 5.00 Å². The molecule has 1 aromatic heterocycles. The molecule has 0 atom stereocenters. The van der Waals surface area contributed by atoms with Gasteiger partial charge in [0.1, 0.15) is 10.8 Å². The maximum absolute atomic E-state index is 9.62. The van der Waals surface area contributed by atoms with E-state index in [0.717, 1.165) is 15.8 Å². The Morgan fingerprint density at radius 2 is 2.29 bits per heavy atom. The monoisotopic (exact) mass is 209 g/mol. The number of hydrogen-bond acceptors (Lipinski definition) is 4. The van der Waals surface area contributed by atoms with E-state index in [1.165, 1.54) is 11.3 Å². The Kier molecular flexibility index (Phi) is 2.21. The lowest BCUT2D eigenvalue weighted by Crippen LogP contribution is -1.90. The van der Waals surface area contributed by atoms with Gasteiger partial charge in [-0.05, 0) is 19.1 Å². The number of rotatable bonds is 2. The van der Waals surface area contributed by atoms with Crippen molar-refractivity contribution in [3.63, 3.8) is 0 Å². The van der Waals surface area contributed by atoms with Gasteiger partial charge in [0.15, 0.2) is 5.75 Å². The average molecular weight is 209 g/mol. The van der Waals surface area contributed by atoms with Gasteiger partial charge < -0.3 is 15.6 Å². The average Bonchev–Trinajstić information content (AvgIpc) is 2.46. The van der Waals surface area contributed by atoms with Crippen molar-refractivity contribution >= 4 is 26.4 Å². The largest absolute Gasteiger partial charge is 0.504 e. The molecule has 0 spiro atoms. The lowest BCUT2D eigenvalue weighted by atomic mass is 10.2. The Labute approximate surface area is 85.7 Å². The Balaban J connectivity index is 2.68. The standard InChI is InChI=1S/C10H11NO2S/c1-2-13-7-5-3-4-6-8(12)10(11)14-9(6)7/h3-5,12H,2,11H2,1H3. The number of fused-ring (bicyclic) bond motifs is 1. The van der Waals surface area contributed by atoms with Gasteiger partial charge in [0.25, 0.3) is 0 Å². The molecule has 0 saturated carbocycles. The number of ether oxygens (including phenoxy) is 1. The second-order valence-corrected chi connectivity index (χ2v) is 3.93. The summed E-state index contributed by atoms with van der Waals surface area (Å²) in [7, 11) is 0. The Bertz CT molecular complexity index is 464. The number of thiophene rings is 1. The number of nitrogen functional groups attached to an aromatic ring is 1. The quantitative estimate of drug-likeness (QED) is 0.799. The van der Waals surface area contributed by atoms with Crippen LogP contribution in [0.1, 0.15) is 6.92 Å². The molecule has 0 aliphatic rings. The first-order chi connectivity index (χ1) is 6.74. The van der Waals surface area contributed by atoms with E-state index in [9.17, 15) is 5.11 Å². The summed E-state index contributed by atoms with van der Waals surface area (Å²) < 4.78 is 6.34. The molecular weight excluding hydrogens is 198 g/mol. The maximum Gasteiger partial charge on any atom is 0.157 e. The zero-order valence-electron chi connectivity index (χ0n) is 7.78. The highest BCUT2D eigenvalue weighted by Gasteiger charge is 2.11. The van der Waals surface area contributed by atoms with Crippen LogP contribution in [0.25, 0.3) is 10.1 Å². The van der Waals surface area contributed by atoms with Crippen molar-refractivity contribution in [3.05, 3.63) is 18.2 Å². The second-order valence-electron chi connectivity index (χ2n) is 2.88. The normalized spacial score (nSPS) is 10.6. The van der Waals surface area contributed by atoms with Crippen molar-refractivity contribution in [2.45, 2.75) is 6.92 Å². The molecule has 3 N–H and O–H groups in total. The molecule has 0 amide bonds. The summed E-state index contributed by atoms with van der Waals surface area (Å²) in [5.41, 5.74) is 5.63. The Morgan fingerprint density at radius 3 is 3.00 bits per heavy atom. The molecule has 3 nitrogen and oxygen atoms in total. The smallest absolute Gasteiger partial charge is 0.157 e. The highest BCUT2D eigenvalue weighted by atomic mass is 32.1. The van der Waals surface area contributed by atoms with Crippen molar-refractivity contribution in [1.82, 2.24) is 0 Å². The van der Waals surface area contributed by atoms with Crippen molar-refractivity contribution < 1.29 is 9.84 Å². The van der Waals surface area contributed by atoms with Gasteiger partial charge in [0.2, 0.25) is 0 Å². The fraction of sp³-hybridized carbons (Fsp3) is 0.200. The van der Waals surface area contributed by atoms with Crippen LogP contribution in [-0.2, 0) is 0 Å². The van der Waals surface area contributed by atoms with Gasteiger partial charge >= 0.3 is 0 Å². The number of aromatic hydroxyl groups is 1. The summed E-state index contributed by atoms with van der Waals surface area (Å²) in [4.78, 5) is 0. The van der Waals surface area contributed by atoms with Crippen molar-refractivity contribution in [2.75, 3.05) is 12.3 Å². The molecule has 74 valence electrons. The topological polar surface area (TPSA) is 55.5 Å². The molecule has 0 bridgehead atoms. The highest BCUT2D eigenvalue weighted by molar-refractivity contribution is 7.23. The first-order valence-corrected chi connectivity index (χ1v) is 5.18. The van der Waals surface area contributed by atoms with Gasteiger partial charge in [0, 0.05) is 5.39 Å². The molecule has 0 aliphatic carbocycles. The van der Waals surface area contributed by atoms with Gasteiger partial charge in [-0.1, -0.05) is 6.07 Å². The minimum absolute atomic E-state index is 0.159. The molecule has 1 aromatic carbocycles. The Hall–Kier alpha value is -1.42. The first kappa shape index (κ1) is 9.15. The van der Waals surface area contributed by atoms with E-state index in [2.05, 4.69) is 0 Å². The lowest BCUT2D eigenvalue weighted by Gasteiger charge is -2.02. The summed E-state index contributed by atoms with van der Waals surface area (Å²) in [6, 6.07) is 5.56. The van der Waals surface area contributed by atoms with Crippen molar-refractivity contribution in [1.29, 1.82) is 0 Å². The van der Waals surface area contributed by atoms with Crippen molar-refractivity contribution in [2.24, 2.45) is 0 Å². The Morgan fingerprint density at radius 1 is 1.50 bits per heavy atom. The van der Waals surface area contributed by atoms with Crippen LogP contribution in [0, 0.1) is 0 Å². The number of hydrogen-bond donors (Lipinski definition) is 2. The van der Waals surface area contributed by atoms with Crippen LogP contribution in [0.15, 0.2) is 18.2 Å². The molecule has 2 aromatic rings. The van der Waals surface area contributed by atoms with E-state index in [0.29, 0.717) is 11.6 Å². The number of nitrogens with two attached hydrogens (primary N) is 1. The summed E-state index contributed by atoms with van der Waals surface area (Å²) in [6.45, 7) is 2.54. The van der Waals surface area contributed by atoms with Crippen LogP contribution >= 0.6 is 11.3 Å². The van der Waals surface area contributed by atoms with Gasteiger partial charge in [-0.2, -0.15) is 0 Å². The summed E-state index contributed by atoms with van der Waals surface area (Å²) in [5.74, 6) is 0.938. The molecule has 0 radical (unpaired) electrons. The fourth-order valence-corrected chi connectivity index (χ4v) is 2.30. The van der Waals surface area contributed by atoms with Crippen LogP contribution < -0.4 is 10.5 Å². The predicted octanol–water partition coefficient (Wildman–Crippen LogP) is 2.59. The third-order valence-corrected chi connectivity index (χ3v) is 3.02. The number of anilines is 1. The predicted molar refractivity (Wildman–Crippen MR) is 59.1 cm³/mol. The first-order valence-electron chi connectivity index (χ1n) is 4.36. The SMILES string of the molecule is CCOc1cccc2c(O)c(N)sc12. The zero-order valence-corrected chi connectivity index (χ0v) is 8.60. The van der Waals surface area contributed by atoms with Crippen LogP contribution in [0.3, 0.4) is 0 Å². The zero-order chi connectivity index (χ0) is 10.1. The maximum atomic E-state index is 9.62. The molecule has 0 saturated heterocycles. The van der Waals surface area contributed by atoms with Crippen LogP contribution in [0.5, 0.6) is 11.5 Å². The van der Waals surface area contributed by atoms with Crippen molar-refractivity contribution in [3.8, 4) is 11.5 Å². The molecular formula is C10H11NO2S. The fourth-order valence-electron chi connectivity index (χ4n) is 1.37. The van der Waals surface area contributed by atoms with E-state index in [-0.39, 0.29) is 5.75 Å². The third kappa shape index (κ3) is 1.28. The minimum Gasteiger partial charge on any atom is -0.504 e. The van der Waals surface area contributed by atoms with E-state index >= 15 is 0 Å². The summed E-state index contributed by atoms with van der Waals surface area (Å²) >= 11 is 1.35. The molecule has 4 heteroatoms. The molecule has 1 heterocycles. The molecule has 0 aliphatic heterocycles. The van der Waals surface area contributed by atoms with Gasteiger partial charge in [-0.15, -0.1) is 11.3 Å². The number of benzene rings is 1. The third-order valence-electron chi connectivity index (χ3n) is 1.98. The molecule has 2 rings (SSSR count). The highest BCUT2D eigenvalue weighted by Crippen LogP contribution is 2.43. The van der Waals surface area contributed by atoms with Gasteiger partial charge in [-0.3, -0.25) is 0 Å². The summed E-state index contributed by atoms with van der Waals surface area (Å²) in [6.07, 6.45) is 0. The van der Waals surface area contributed by atoms with E-state index < -0.39 is 0 Å². The van der Waals surface area contributed by atoms with Gasteiger partial charge in [0.05, 0.1) is 11.3 Å². The van der Waals surface area contributed by atoms with E-state index in [1.54, 1.807) is 0 Å². The lowest BCUT2D eigenvalue weighted by molar-refractivity contribution is 0.345. The van der Waals surface area contributed by atoms with Gasteiger partial charge in [-0.25, -0.2) is 0 Å².